The SMILES string of the molecule is CC(=O)c1ccc(-c2cc(NS(=O)(=O)c3ccc(C)cc3C)c(C(=O)[OH2+])s2)s1. The number of anilines is 1. The van der Waals surface area contributed by atoms with Gasteiger partial charge in [-0.3, -0.25) is 9.52 Å². The van der Waals surface area contributed by atoms with Crippen molar-refractivity contribution in [3.8, 4) is 9.75 Å². The maximum absolute atomic E-state index is 12.8. The van der Waals surface area contributed by atoms with E-state index in [9.17, 15) is 18.0 Å². The fourth-order valence-electron chi connectivity index (χ4n) is 2.72. The molecule has 0 radical (unpaired) electrons. The summed E-state index contributed by atoms with van der Waals surface area (Å²) < 4.78 is 28.1. The summed E-state index contributed by atoms with van der Waals surface area (Å²) >= 11 is 2.28. The van der Waals surface area contributed by atoms with Crippen LogP contribution in [0.4, 0.5) is 5.69 Å². The fraction of sp³-hybridized carbons (Fsp3) is 0.158. The van der Waals surface area contributed by atoms with E-state index in [0.29, 0.717) is 15.3 Å². The monoisotopic (exact) mass is 436 g/mol. The van der Waals surface area contributed by atoms with Crippen LogP contribution in [0, 0.1) is 13.8 Å². The smallest absolute Gasteiger partial charge is 0.560 e. The number of benzene rings is 1. The van der Waals surface area contributed by atoms with Crippen LogP contribution >= 0.6 is 22.7 Å². The molecule has 3 N–H and O–H groups in total. The number of Topliss-reactive ketones (excluding diaryl/α,β-unsaturated/α-hetero) is 1. The first-order chi connectivity index (χ1) is 13.1. The second-order valence-electron chi connectivity index (χ2n) is 6.28. The number of hydrogen-bond donors (Lipinski definition) is 1. The van der Waals surface area contributed by atoms with E-state index in [-0.39, 0.29) is 21.2 Å². The molecule has 2 heterocycles. The van der Waals surface area contributed by atoms with Crippen molar-refractivity contribution in [2.75, 3.05) is 4.72 Å². The third kappa shape index (κ3) is 4.01. The van der Waals surface area contributed by atoms with Gasteiger partial charge in [-0.1, -0.05) is 17.7 Å². The van der Waals surface area contributed by atoms with Crippen LogP contribution in [0.15, 0.2) is 41.3 Å². The lowest BCUT2D eigenvalue weighted by Gasteiger charge is -2.10. The lowest BCUT2D eigenvalue weighted by atomic mass is 10.2. The van der Waals surface area contributed by atoms with Crippen LogP contribution in [-0.2, 0) is 10.0 Å². The molecule has 6 nitrogen and oxygen atoms in total. The number of thiophene rings is 2. The zero-order chi connectivity index (χ0) is 20.6. The average Bonchev–Trinajstić information content (AvgIpc) is 3.20. The number of hydrogen-bond acceptors (Lipinski definition) is 6. The van der Waals surface area contributed by atoms with Crippen molar-refractivity contribution < 1.29 is 23.1 Å². The van der Waals surface area contributed by atoms with Gasteiger partial charge in [0.05, 0.1) is 15.5 Å². The molecule has 9 heteroatoms. The van der Waals surface area contributed by atoms with Gasteiger partial charge in [-0.15, -0.1) is 22.7 Å². The van der Waals surface area contributed by atoms with Gasteiger partial charge in [-0.2, -0.15) is 0 Å². The first-order valence-electron chi connectivity index (χ1n) is 8.19. The average molecular weight is 437 g/mol. The molecule has 0 saturated carbocycles. The number of ketones is 1. The van der Waals surface area contributed by atoms with Gasteiger partial charge in [0.1, 0.15) is 0 Å². The van der Waals surface area contributed by atoms with E-state index in [1.54, 1.807) is 31.2 Å². The number of sulfonamides is 1. The summed E-state index contributed by atoms with van der Waals surface area (Å²) in [7, 11) is -3.92. The van der Waals surface area contributed by atoms with E-state index in [1.165, 1.54) is 30.4 Å². The molecule has 2 aromatic heterocycles. The second kappa shape index (κ2) is 7.50. The first kappa shape index (κ1) is 20.2. The summed E-state index contributed by atoms with van der Waals surface area (Å²) in [4.78, 5) is 25.3. The zero-order valence-electron chi connectivity index (χ0n) is 15.3. The van der Waals surface area contributed by atoms with Gasteiger partial charge in [0.25, 0.3) is 10.0 Å². The molecule has 0 fully saturated rings. The minimum absolute atomic E-state index is 0.00103. The largest absolute Gasteiger partial charge is 0.561 e. The Morgan fingerprint density at radius 1 is 1.00 bits per heavy atom. The topological polar surface area (TPSA) is 103 Å². The Bertz CT molecular complexity index is 1190. The number of aryl methyl sites for hydroxylation is 2. The molecule has 0 saturated heterocycles. The highest BCUT2D eigenvalue weighted by Gasteiger charge is 2.27. The molecule has 0 atom stereocenters. The molecule has 0 spiro atoms. The third-order valence-corrected chi connectivity index (χ3v) is 8.04. The Kier molecular flexibility index (Phi) is 5.42. The van der Waals surface area contributed by atoms with Crippen molar-refractivity contribution in [1.82, 2.24) is 0 Å². The van der Waals surface area contributed by atoms with Gasteiger partial charge < -0.3 is 5.11 Å². The van der Waals surface area contributed by atoms with Crippen molar-refractivity contribution in [2.24, 2.45) is 0 Å². The summed E-state index contributed by atoms with van der Waals surface area (Å²) in [5.74, 6) is -1.04. The number of carbonyl (C=O) groups excluding carboxylic acids is 2. The van der Waals surface area contributed by atoms with Gasteiger partial charge in [-0.05, 0) is 50.6 Å². The Hall–Kier alpha value is -2.49. The van der Waals surface area contributed by atoms with E-state index in [0.717, 1.165) is 21.8 Å². The summed E-state index contributed by atoms with van der Waals surface area (Å²) in [6.45, 7) is 5.04. The number of nitrogens with one attached hydrogen (secondary N) is 1. The quantitative estimate of drug-likeness (QED) is 0.466. The Labute approximate surface area is 170 Å². The van der Waals surface area contributed by atoms with Crippen LogP contribution in [-0.4, -0.2) is 25.3 Å². The molecule has 28 heavy (non-hydrogen) atoms. The van der Waals surface area contributed by atoms with Crippen molar-refractivity contribution >= 4 is 50.1 Å². The third-order valence-electron chi connectivity index (χ3n) is 4.00. The molecule has 0 aliphatic heterocycles. The predicted molar refractivity (Wildman–Crippen MR) is 112 cm³/mol. The van der Waals surface area contributed by atoms with Crippen molar-refractivity contribution in [3.05, 3.63) is 57.3 Å². The Morgan fingerprint density at radius 2 is 1.71 bits per heavy atom. The minimum Gasteiger partial charge on any atom is -0.560 e. The highest BCUT2D eigenvalue weighted by Crippen LogP contribution is 2.39. The number of carbonyl (C=O) groups is 2. The van der Waals surface area contributed by atoms with Crippen molar-refractivity contribution in [3.63, 3.8) is 0 Å². The lowest BCUT2D eigenvalue weighted by Crippen LogP contribution is -2.15. The summed E-state index contributed by atoms with van der Waals surface area (Å²) in [6.07, 6.45) is 0. The van der Waals surface area contributed by atoms with Gasteiger partial charge in [0.15, 0.2) is 5.78 Å². The molecular formula is C19H18NO5S3+. The maximum Gasteiger partial charge on any atom is 0.561 e. The molecule has 0 aliphatic rings. The van der Waals surface area contributed by atoms with Crippen LogP contribution in [0.5, 0.6) is 0 Å². The molecule has 0 unspecified atom stereocenters. The molecule has 3 rings (SSSR count). The molecule has 0 amide bonds. The summed E-state index contributed by atoms with van der Waals surface area (Å²) in [6, 6.07) is 9.94. The molecule has 0 bridgehead atoms. The number of rotatable bonds is 6. The molecule has 1 aromatic carbocycles. The highest BCUT2D eigenvalue weighted by molar-refractivity contribution is 7.92. The fourth-order valence-corrected chi connectivity index (χ4v) is 6.01. The van der Waals surface area contributed by atoms with Gasteiger partial charge in [0, 0.05) is 14.5 Å². The van der Waals surface area contributed by atoms with Crippen molar-refractivity contribution in [1.29, 1.82) is 0 Å². The normalized spacial score (nSPS) is 11.4. The summed E-state index contributed by atoms with van der Waals surface area (Å²) in [5.41, 5.74) is 1.60. The van der Waals surface area contributed by atoms with E-state index in [1.807, 2.05) is 6.92 Å². The Morgan fingerprint density at radius 3 is 2.29 bits per heavy atom. The lowest BCUT2D eigenvalue weighted by molar-refractivity contribution is 0.0703. The van der Waals surface area contributed by atoms with Gasteiger partial charge in [-0.25, -0.2) is 8.42 Å². The van der Waals surface area contributed by atoms with Gasteiger partial charge in [0.2, 0.25) is 4.88 Å². The zero-order valence-corrected chi connectivity index (χ0v) is 17.8. The molecule has 3 aromatic rings. The van der Waals surface area contributed by atoms with E-state index in [4.69, 9.17) is 5.11 Å². The minimum atomic E-state index is -3.92. The predicted octanol–water partition coefficient (Wildman–Crippen LogP) is 3.96. The van der Waals surface area contributed by atoms with Crippen molar-refractivity contribution in [2.45, 2.75) is 25.7 Å². The van der Waals surface area contributed by atoms with E-state index >= 15 is 0 Å². The Balaban J connectivity index is 2.02. The molecule has 146 valence electrons. The van der Waals surface area contributed by atoms with Crippen LogP contribution < -0.4 is 4.72 Å². The van der Waals surface area contributed by atoms with Crippen LogP contribution in [0.3, 0.4) is 0 Å². The second-order valence-corrected chi connectivity index (χ2v) is 10.1. The van der Waals surface area contributed by atoms with Crippen LogP contribution in [0.25, 0.3) is 9.75 Å². The molecular weight excluding hydrogens is 418 g/mol. The molecule has 0 aliphatic carbocycles. The van der Waals surface area contributed by atoms with E-state index < -0.39 is 16.0 Å². The van der Waals surface area contributed by atoms with Gasteiger partial charge >= 0.3 is 5.97 Å². The van der Waals surface area contributed by atoms with Crippen LogP contribution in [0.1, 0.15) is 37.4 Å². The first-order valence-corrected chi connectivity index (χ1v) is 11.3. The summed E-state index contributed by atoms with van der Waals surface area (Å²) in [5, 5.41) is 7.48. The van der Waals surface area contributed by atoms with Crippen LogP contribution in [0.2, 0.25) is 0 Å². The highest BCUT2D eigenvalue weighted by atomic mass is 32.2. The van der Waals surface area contributed by atoms with E-state index in [2.05, 4.69) is 4.72 Å². The standard InChI is InChI=1S/C19H17NO5S3/c1-10-4-7-17(11(2)8-10)28(24,25)20-13-9-16(27-18(13)19(22)23)15-6-5-14(26-15)12(3)21/h4-9,20H,1-3H3,(H,22,23)/p+1. The maximum atomic E-state index is 12.8.